The summed E-state index contributed by atoms with van der Waals surface area (Å²) in [5.74, 6) is -0.504. The molecule has 3 aromatic rings. The third-order valence-corrected chi connectivity index (χ3v) is 6.33. The molecule has 6 heteroatoms. The van der Waals surface area contributed by atoms with E-state index in [2.05, 4.69) is 11.4 Å². The molecule has 1 N–H and O–H groups in total. The van der Waals surface area contributed by atoms with E-state index in [4.69, 9.17) is 21.3 Å². The Morgan fingerprint density at radius 2 is 1.82 bits per heavy atom. The second-order valence-corrected chi connectivity index (χ2v) is 9.17. The van der Waals surface area contributed by atoms with E-state index in [9.17, 15) is 9.59 Å². The van der Waals surface area contributed by atoms with E-state index in [1.807, 2.05) is 69.3 Å². The normalized spacial score (nSPS) is 15.0. The summed E-state index contributed by atoms with van der Waals surface area (Å²) >= 11 is 6.01. The number of aromatic nitrogens is 1. The van der Waals surface area contributed by atoms with Crippen LogP contribution in [0.25, 0.3) is 22.6 Å². The van der Waals surface area contributed by atoms with Gasteiger partial charge in [-0.2, -0.15) is 0 Å². The zero-order valence-corrected chi connectivity index (χ0v) is 19.8. The molecule has 1 aromatic heterocycles. The maximum Gasteiger partial charge on any atom is 0.339 e. The van der Waals surface area contributed by atoms with Crippen LogP contribution in [-0.4, -0.2) is 29.5 Å². The van der Waals surface area contributed by atoms with E-state index >= 15 is 0 Å². The molecule has 1 unspecified atom stereocenters. The molecule has 2 aromatic carbocycles. The van der Waals surface area contributed by atoms with Gasteiger partial charge in [0.25, 0.3) is 5.91 Å². The third kappa shape index (κ3) is 5.09. The van der Waals surface area contributed by atoms with Crippen molar-refractivity contribution in [1.82, 2.24) is 10.3 Å². The van der Waals surface area contributed by atoms with Gasteiger partial charge < -0.3 is 10.1 Å². The Hall–Kier alpha value is -3.18. The fraction of sp³-hybridized carbons (Fsp3) is 0.296. The first-order valence-corrected chi connectivity index (χ1v) is 11.6. The summed E-state index contributed by atoms with van der Waals surface area (Å²) in [6.45, 7) is 5.67. The van der Waals surface area contributed by atoms with Crippen molar-refractivity contribution in [2.45, 2.75) is 39.7 Å². The van der Waals surface area contributed by atoms with E-state index in [-0.39, 0.29) is 18.6 Å². The minimum atomic E-state index is -0.495. The molecule has 0 saturated carbocycles. The molecule has 0 radical (unpaired) electrons. The maximum absolute atomic E-state index is 13.2. The fourth-order valence-corrected chi connectivity index (χ4v) is 4.06. The summed E-state index contributed by atoms with van der Waals surface area (Å²) in [7, 11) is 0. The van der Waals surface area contributed by atoms with Crippen molar-refractivity contribution in [3.8, 4) is 0 Å². The number of ether oxygens (including phenoxy) is 1. The molecule has 0 fully saturated rings. The van der Waals surface area contributed by atoms with E-state index in [1.165, 1.54) is 0 Å². The number of carbonyl (C=O) groups is 2. The molecule has 170 valence electrons. The number of halogens is 1. The highest BCUT2D eigenvalue weighted by Gasteiger charge is 2.28. The van der Waals surface area contributed by atoms with Crippen molar-refractivity contribution in [1.29, 1.82) is 0 Å². The van der Waals surface area contributed by atoms with Gasteiger partial charge in [0.1, 0.15) is 0 Å². The number of nitrogens with one attached hydrogen (secondary N) is 1. The molecule has 33 heavy (non-hydrogen) atoms. The van der Waals surface area contributed by atoms with E-state index in [0.29, 0.717) is 22.9 Å². The summed E-state index contributed by atoms with van der Waals surface area (Å²) in [6.07, 6.45) is 3.54. The van der Waals surface area contributed by atoms with Gasteiger partial charge in [-0.05, 0) is 66.7 Å². The summed E-state index contributed by atoms with van der Waals surface area (Å²) in [5, 5.41) is 4.29. The SMILES string of the molecule is CC(C)C(C)NC(=O)COC(=O)c1c2c(nc3ccccc13)C(=Cc1ccc(Cl)cc1)CC2. The molecule has 1 atom stereocenters. The zero-order valence-electron chi connectivity index (χ0n) is 19.0. The Labute approximate surface area is 198 Å². The van der Waals surface area contributed by atoms with Crippen molar-refractivity contribution >= 4 is 46.0 Å². The number of nitrogens with zero attached hydrogens (tertiary/aromatic N) is 1. The predicted octanol–water partition coefficient (Wildman–Crippen LogP) is 5.69. The molecule has 1 aliphatic carbocycles. The monoisotopic (exact) mass is 462 g/mol. The number of hydrogen-bond acceptors (Lipinski definition) is 4. The molecule has 0 saturated heterocycles. The Balaban J connectivity index is 1.65. The minimum absolute atomic E-state index is 0.00256. The molecular formula is C27H27ClN2O3. The van der Waals surface area contributed by atoms with Crippen LogP contribution in [-0.2, 0) is 16.0 Å². The first-order chi connectivity index (χ1) is 15.8. The number of benzene rings is 2. The summed E-state index contributed by atoms with van der Waals surface area (Å²) in [6, 6.07) is 15.2. The second-order valence-electron chi connectivity index (χ2n) is 8.73. The van der Waals surface area contributed by atoms with Gasteiger partial charge in [0.05, 0.1) is 16.8 Å². The first-order valence-electron chi connectivity index (χ1n) is 11.2. The lowest BCUT2D eigenvalue weighted by molar-refractivity contribution is -0.125. The second kappa shape index (κ2) is 9.75. The zero-order chi connectivity index (χ0) is 23.5. The van der Waals surface area contributed by atoms with Crippen molar-refractivity contribution in [3.63, 3.8) is 0 Å². The molecule has 5 nitrogen and oxygen atoms in total. The minimum Gasteiger partial charge on any atom is -0.452 e. The lowest BCUT2D eigenvalue weighted by Crippen LogP contribution is -2.38. The van der Waals surface area contributed by atoms with Crippen molar-refractivity contribution in [2.24, 2.45) is 5.92 Å². The molecule has 0 aliphatic heterocycles. The molecule has 1 amide bonds. The van der Waals surface area contributed by atoms with Gasteiger partial charge in [0.15, 0.2) is 6.61 Å². The van der Waals surface area contributed by atoms with Gasteiger partial charge in [-0.25, -0.2) is 9.78 Å². The summed E-state index contributed by atoms with van der Waals surface area (Å²) in [5.41, 5.74) is 5.00. The number of pyridine rings is 1. The molecular weight excluding hydrogens is 436 g/mol. The van der Waals surface area contributed by atoms with Crippen LogP contribution in [0.3, 0.4) is 0 Å². The Morgan fingerprint density at radius 3 is 2.55 bits per heavy atom. The molecule has 1 heterocycles. The standard InChI is InChI=1S/C27H27ClN2O3/c1-16(2)17(3)29-24(31)15-33-27(32)25-21-6-4-5-7-23(21)30-26-19(10-13-22(25)26)14-18-8-11-20(28)12-9-18/h4-9,11-12,14,16-17H,10,13,15H2,1-3H3,(H,29,31). The number of para-hydroxylation sites is 1. The Morgan fingerprint density at radius 1 is 1.09 bits per heavy atom. The maximum atomic E-state index is 13.2. The average molecular weight is 463 g/mol. The van der Waals surface area contributed by atoms with Crippen molar-refractivity contribution in [3.05, 3.63) is 75.9 Å². The lowest BCUT2D eigenvalue weighted by Gasteiger charge is -2.17. The summed E-state index contributed by atoms with van der Waals surface area (Å²) in [4.78, 5) is 30.3. The summed E-state index contributed by atoms with van der Waals surface area (Å²) < 4.78 is 5.46. The van der Waals surface area contributed by atoms with Crippen molar-refractivity contribution < 1.29 is 14.3 Å². The Kier molecular flexibility index (Phi) is 6.80. The number of hydrogen-bond donors (Lipinski definition) is 1. The van der Waals surface area contributed by atoms with Crippen LogP contribution in [0.15, 0.2) is 48.5 Å². The number of fused-ring (bicyclic) bond motifs is 2. The molecule has 0 bridgehead atoms. The van der Waals surface area contributed by atoms with Crippen LogP contribution in [0.2, 0.25) is 5.02 Å². The largest absolute Gasteiger partial charge is 0.452 e. The average Bonchev–Trinajstić information content (AvgIpc) is 3.19. The van der Waals surface area contributed by atoms with Gasteiger partial charge in [-0.1, -0.05) is 55.8 Å². The van der Waals surface area contributed by atoms with E-state index < -0.39 is 5.97 Å². The highest BCUT2D eigenvalue weighted by atomic mass is 35.5. The quantitative estimate of drug-likeness (QED) is 0.477. The van der Waals surface area contributed by atoms with Crippen LogP contribution in [0, 0.1) is 5.92 Å². The number of esters is 1. The number of amides is 1. The van der Waals surface area contributed by atoms with Crippen molar-refractivity contribution in [2.75, 3.05) is 6.61 Å². The molecule has 0 spiro atoms. The first kappa shape index (κ1) is 23.0. The van der Waals surface area contributed by atoms with Crippen LogP contribution < -0.4 is 5.32 Å². The highest BCUT2D eigenvalue weighted by Crippen LogP contribution is 2.37. The van der Waals surface area contributed by atoms with E-state index in [0.717, 1.165) is 39.7 Å². The Bertz CT molecular complexity index is 1230. The smallest absolute Gasteiger partial charge is 0.339 e. The van der Waals surface area contributed by atoms with Crippen LogP contribution >= 0.6 is 11.6 Å². The molecule has 4 rings (SSSR count). The number of allylic oxidation sites excluding steroid dienone is 1. The lowest BCUT2D eigenvalue weighted by atomic mass is 10.0. The van der Waals surface area contributed by atoms with Crippen LogP contribution in [0.1, 0.15) is 54.4 Å². The highest BCUT2D eigenvalue weighted by molar-refractivity contribution is 6.30. The number of rotatable bonds is 6. The van der Waals surface area contributed by atoms with Crippen LogP contribution in [0.4, 0.5) is 0 Å². The predicted molar refractivity (Wildman–Crippen MR) is 132 cm³/mol. The van der Waals surface area contributed by atoms with Gasteiger partial charge >= 0.3 is 5.97 Å². The van der Waals surface area contributed by atoms with E-state index in [1.54, 1.807) is 0 Å². The fourth-order valence-electron chi connectivity index (χ4n) is 3.94. The topological polar surface area (TPSA) is 68.3 Å². The number of carbonyl (C=O) groups excluding carboxylic acids is 2. The van der Waals surface area contributed by atoms with Gasteiger partial charge in [0.2, 0.25) is 0 Å². The van der Waals surface area contributed by atoms with Crippen LogP contribution in [0.5, 0.6) is 0 Å². The third-order valence-electron chi connectivity index (χ3n) is 6.08. The van der Waals surface area contributed by atoms with Gasteiger partial charge in [0, 0.05) is 16.5 Å². The molecule has 1 aliphatic rings. The van der Waals surface area contributed by atoms with Gasteiger partial charge in [-0.15, -0.1) is 0 Å². The van der Waals surface area contributed by atoms with Gasteiger partial charge in [-0.3, -0.25) is 4.79 Å².